The molecule has 0 saturated carbocycles. The molecule has 2 aromatic rings. The first kappa shape index (κ1) is 28.4. The fourth-order valence-electron chi connectivity index (χ4n) is 4.77. The van der Waals surface area contributed by atoms with Crippen LogP contribution in [0.15, 0.2) is 24.3 Å². The summed E-state index contributed by atoms with van der Waals surface area (Å²) in [6, 6.07) is 10.0. The van der Waals surface area contributed by atoms with Crippen molar-refractivity contribution in [1.29, 1.82) is 0 Å². The maximum atomic E-state index is 6.68. The predicted molar refractivity (Wildman–Crippen MR) is 149 cm³/mol. The fraction of sp³-hybridized carbons (Fsp3) is 0.613. The third-order valence-corrected chi connectivity index (χ3v) is 14.0. The van der Waals surface area contributed by atoms with Gasteiger partial charge in [0.05, 0.1) is 0 Å². The molecule has 0 bridgehead atoms. The van der Waals surface area contributed by atoms with Crippen LogP contribution in [-0.2, 0) is 3.07 Å². The average molecular weight is 556 g/mol. The quantitative estimate of drug-likeness (QED) is 0.283. The van der Waals surface area contributed by atoms with Crippen LogP contribution in [-0.4, -0.2) is 27.3 Å². The van der Waals surface area contributed by atoms with Crippen LogP contribution < -0.4 is 7.16 Å². The monoisotopic (exact) mass is 557 g/mol. The van der Waals surface area contributed by atoms with Gasteiger partial charge < -0.3 is 0 Å². The van der Waals surface area contributed by atoms with Crippen LogP contribution in [0, 0.1) is 0 Å². The molecule has 0 aliphatic rings. The van der Waals surface area contributed by atoms with Gasteiger partial charge in [-0.3, -0.25) is 0 Å². The standard InChI is InChI=1S/2C15H23.CH3O.Sn/c2*1-10(2)13-7-14(11(3)4)9-15(8-13)12(5)6;1-2;/h2*7-8,10-12H,1-6H3;1H3;/q;;-1;+1. The van der Waals surface area contributed by atoms with Crippen molar-refractivity contribution < 1.29 is 3.07 Å². The molecule has 2 heteroatoms. The molecular formula is C31H49OSn. The van der Waals surface area contributed by atoms with Crippen molar-refractivity contribution >= 4 is 27.3 Å². The van der Waals surface area contributed by atoms with Gasteiger partial charge in [-0.25, -0.2) is 0 Å². The number of benzene rings is 2. The predicted octanol–water partition coefficient (Wildman–Crippen LogP) is 8.18. The third-order valence-electron chi connectivity index (χ3n) is 6.92. The first-order chi connectivity index (χ1) is 15.3. The van der Waals surface area contributed by atoms with Crippen molar-refractivity contribution in [3.05, 3.63) is 57.6 Å². The molecule has 0 heterocycles. The van der Waals surface area contributed by atoms with E-state index >= 15 is 0 Å². The van der Waals surface area contributed by atoms with E-state index in [1.807, 2.05) is 7.11 Å². The van der Waals surface area contributed by atoms with Crippen LogP contribution in [0.4, 0.5) is 0 Å². The molecule has 0 amide bonds. The van der Waals surface area contributed by atoms with E-state index < -0.39 is 20.2 Å². The van der Waals surface area contributed by atoms with Crippen molar-refractivity contribution in [3.63, 3.8) is 0 Å². The van der Waals surface area contributed by atoms with E-state index in [0.717, 1.165) is 0 Å². The first-order valence-electron chi connectivity index (χ1n) is 13.1. The molecule has 2 rings (SSSR count). The third kappa shape index (κ3) is 6.26. The van der Waals surface area contributed by atoms with Crippen LogP contribution in [0.2, 0.25) is 0 Å². The molecule has 0 spiro atoms. The van der Waals surface area contributed by atoms with E-state index in [-0.39, 0.29) is 0 Å². The topological polar surface area (TPSA) is 9.23 Å². The number of hydrogen-bond donors (Lipinski definition) is 0. The fourth-order valence-corrected chi connectivity index (χ4v) is 13.8. The Morgan fingerprint density at radius 1 is 0.455 bits per heavy atom. The summed E-state index contributed by atoms with van der Waals surface area (Å²) in [4.78, 5) is 0. The van der Waals surface area contributed by atoms with Crippen molar-refractivity contribution in [2.24, 2.45) is 0 Å². The number of hydrogen-bond acceptors (Lipinski definition) is 1. The summed E-state index contributed by atoms with van der Waals surface area (Å²) in [5.41, 5.74) is 9.04. The Hall–Kier alpha value is -0.801. The minimum absolute atomic E-state index is 0.488. The average Bonchev–Trinajstić information content (AvgIpc) is 2.72. The van der Waals surface area contributed by atoms with E-state index in [1.54, 1.807) is 7.16 Å². The normalized spacial score (nSPS) is 12.6. The van der Waals surface area contributed by atoms with Crippen LogP contribution in [0.5, 0.6) is 0 Å². The molecule has 0 unspecified atom stereocenters. The van der Waals surface area contributed by atoms with Crippen LogP contribution in [0.1, 0.15) is 152 Å². The van der Waals surface area contributed by atoms with Gasteiger partial charge in [0.1, 0.15) is 0 Å². The van der Waals surface area contributed by atoms with Crippen LogP contribution in [0.25, 0.3) is 0 Å². The van der Waals surface area contributed by atoms with Gasteiger partial charge in [0, 0.05) is 0 Å². The first-order valence-corrected chi connectivity index (χ1v) is 17.1. The second-order valence-electron chi connectivity index (χ2n) is 11.6. The molecule has 2 aromatic carbocycles. The summed E-state index contributed by atoms with van der Waals surface area (Å²) >= 11 is -2.69. The summed E-state index contributed by atoms with van der Waals surface area (Å²) < 4.78 is 9.87. The number of rotatable bonds is 9. The second-order valence-corrected chi connectivity index (χ2v) is 17.5. The molecule has 0 N–H and O–H groups in total. The summed E-state index contributed by atoms with van der Waals surface area (Å²) in [6.07, 6.45) is 0. The SMILES string of the molecule is C[O][Sn]([c]1c(C(C)C)cc(C(C)C)cc1C(C)C)[c]1c(C(C)C)cc(C(C)C)cc1C(C)C. The molecular weight excluding hydrogens is 507 g/mol. The van der Waals surface area contributed by atoms with E-state index in [2.05, 4.69) is 107 Å². The maximum absolute atomic E-state index is 6.68. The Labute approximate surface area is 213 Å². The second kappa shape index (κ2) is 11.8. The summed E-state index contributed by atoms with van der Waals surface area (Å²) in [5.74, 6) is 3.02. The molecule has 183 valence electrons. The molecule has 0 aliphatic carbocycles. The Bertz CT molecular complexity index is 800. The van der Waals surface area contributed by atoms with Crippen LogP contribution >= 0.6 is 0 Å². The van der Waals surface area contributed by atoms with Gasteiger partial charge in [0.2, 0.25) is 0 Å². The minimum atomic E-state index is -2.69. The van der Waals surface area contributed by atoms with Gasteiger partial charge >= 0.3 is 214 Å². The molecule has 0 saturated heterocycles. The van der Waals surface area contributed by atoms with Gasteiger partial charge in [-0.1, -0.05) is 0 Å². The van der Waals surface area contributed by atoms with Crippen molar-refractivity contribution in [2.45, 2.75) is 119 Å². The summed E-state index contributed by atoms with van der Waals surface area (Å²) in [6.45, 7) is 28.1. The van der Waals surface area contributed by atoms with Crippen molar-refractivity contribution in [3.8, 4) is 0 Å². The van der Waals surface area contributed by atoms with Gasteiger partial charge in [-0.15, -0.1) is 0 Å². The van der Waals surface area contributed by atoms with Crippen molar-refractivity contribution in [1.82, 2.24) is 0 Å². The zero-order valence-electron chi connectivity index (χ0n) is 23.7. The molecule has 1 nitrogen and oxygen atoms in total. The summed E-state index contributed by atoms with van der Waals surface area (Å²) in [5, 5.41) is 0. The Morgan fingerprint density at radius 2 is 0.697 bits per heavy atom. The van der Waals surface area contributed by atoms with Crippen molar-refractivity contribution in [2.75, 3.05) is 7.11 Å². The molecule has 33 heavy (non-hydrogen) atoms. The zero-order valence-corrected chi connectivity index (χ0v) is 26.5. The molecule has 0 atom stereocenters. The molecule has 0 fully saturated rings. The van der Waals surface area contributed by atoms with E-state index in [1.165, 1.54) is 33.4 Å². The van der Waals surface area contributed by atoms with Gasteiger partial charge in [-0.2, -0.15) is 0 Å². The molecule has 1 radical (unpaired) electrons. The van der Waals surface area contributed by atoms with Crippen LogP contribution in [0.3, 0.4) is 0 Å². The Morgan fingerprint density at radius 3 is 0.848 bits per heavy atom. The molecule has 0 aliphatic heterocycles. The zero-order chi connectivity index (χ0) is 25.2. The Kier molecular flexibility index (Phi) is 10.1. The van der Waals surface area contributed by atoms with Gasteiger partial charge in [0.25, 0.3) is 0 Å². The Balaban J connectivity index is 3.01. The van der Waals surface area contributed by atoms with Gasteiger partial charge in [0.15, 0.2) is 0 Å². The van der Waals surface area contributed by atoms with E-state index in [9.17, 15) is 0 Å². The summed E-state index contributed by atoms with van der Waals surface area (Å²) in [7, 11) is 1.99. The van der Waals surface area contributed by atoms with E-state index in [4.69, 9.17) is 3.07 Å². The molecule has 0 aromatic heterocycles. The van der Waals surface area contributed by atoms with E-state index in [0.29, 0.717) is 35.5 Å². The van der Waals surface area contributed by atoms with Gasteiger partial charge in [-0.05, 0) is 0 Å².